The highest BCUT2D eigenvalue weighted by atomic mass is 16.2. The topological polar surface area (TPSA) is 64.2 Å². The monoisotopic (exact) mass is 272 g/mol. The summed E-state index contributed by atoms with van der Waals surface area (Å²) in [5.74, 6) is -0.0169. The molecule has 0 aromatic carbocycles. The van der Waals surface area contributed by atoms with Gasteiger partial charge in [-0.15, -0.1) is 0 Å². The highest BCUT2D eigenvalue weighted by Crippen LogP contribution is 2.14. The van der Waals surface area contributed by atoms with Crippen LogP contribution in [0.5, 0.6) is 0 Å². The van der Waals surface area contributed by atoms with Gasteiger partial charge in [-0.05, 0) is 32.0 Å². The van der Waals surface area contributed by atoms with Crippen molar-refractivity contribution in [2.45, 2.75) is 26.9 Å². The van der Waals surface area contributed by atoms with Gasteiger partial charge in [0.25, 0.3) is 5.91 Å². The zero-order valence-electron chi connectivity index (χ0n) is 11.9. The molecule has 2 rings (SSSR count). The van der Waals surface area contributed by atoms with Crippen molar-refractivity contribution in [3.63, 3.8) is 0 Å². The third-order valence-corrected chi connectivity index (χ3v) is 3.23. The smallest absolute Gasteiger partial charge is 0.270 e. The van der Waals surface area contributed by atoms with Crippen molar-refractivity contribution in [1.29, 1.82) is 0 Å². The van der Waals surface area contributed by atoms with E-state index in [0.717, 1.165) is 12.2 Å². The molecule has 2 aromatic heterocycles. The molecule has 106 valence electrons. The average Bonchev–Trinajstić information content (AvgIpc) is 2.86. The van der Waals surface area contributed by atoms with Crippen molar-refractivity contribution >= 4 is 11.6 Å². The van der Waals surface area contributed by atoms with Crippen molar-refractivity contribution in [2.24, 2.45) is 0 Å². The van der Waals surface area contributed by atoms with Crippen LogP contribution >= 0.6 is 0 Å². The summed E-state index contributed by atoms with van der Waals surface area (Å²) in [6, 6.07) is 7.44. The van der Waals surface area contributed by atoms with E-state index < -0.39 is 0 Å². The highest BCUT2D eigenvalue weighted by Gasteiger charge is 2.18. The maximum Gasteiger partial charge on any atom is 0.270 e. The Bertz CT molecular complexity index is 577. The van der Waals surface area contributed by atoms with Gasteiger partial charge in [-0.2, -0.15) is 0 Å². The van der Waals surface area contributed by atoms with Gasteiger partial charge < -0.3 is 15.2 Å². The standard InChI is InChI=1S/C15H20N4O/c1-3-18-10-12(16)9-14(18)15(20)19(4-2)11-13-7-5-6-8-17-13/h5-10H,3-4,11,16H2,1-2H3. The zero-order valence-corrected chi connectivity index (χ0v) is 11.9. The van der Waals surface area contributed by atoms with Crippen molar-refractivity contribution in [2.75, 3.05) is 12.3 Å². The molecule has 0 aliphatic rings. The molecule has 20 heavy (non-hydrogen) atoms. The molecule has 0 radical (unpaired) electrons. The Labute approximate surface area is 119 Å². The normalized spacial score (nSPS) is 10.5. The number of nitrogens with two attached hydrogens (primary N) is 1. The van der Waals surface area contributed by atoms with Crippen LogP contribution in [-0.2, 0) is 13.1 Å². The van der Waals surface area contributed by atoms with E-state index >= 15 is 0 Å². The van der Waals surface area contributed by atoms with Crippen molar-refractivity contribution in [3.8, 4) is 0 Å². The van der Waals surface area contributed by atoms with Gasteiger partial charge in [0.1, 0.15) is 5.69 Å². The molecule has 0 fully saturated rings. The van der Waals surface area contributed by atoms with E-state index in [2.05, 4.69) is 4.98 Å². The second kappa shape index (κ2) is 6.23. The molecular weight excluding hydrogens is 252 g/mol. The molecule has 0 saturated carbocycles. The molecule has 1 amide bonds. The van der Waals surface area contributed by atoms with Crippen molar-refractivity contribution < 1.29 is 4.79 Å². The van der Waals surface area contributed by atoms with Crippen LogP contribution < -0.4 is 5.73 Å². The van der Waals surface area contributed by atoms with Crippen LogP contribution in [0.25, 0.3) is 0 Å². The quantitative estimate of drug-likeness (QED) is 0.907. The Morgan fingerprint density at radius 3 is 2.80 bits per heavy atom. The van der Waals surface area contributed by atoms with Crippen LogP contribution in [0, 0.1) is 0 Å². The molecular formula is C15H20N4O. The summed E-state index contributed by atoms with van der Waals surface area (Å²) in [6.45, 7) is 5.81. The molecule has 0 aliphatic heterocycles. The van der Waals surface area contributed by atoms with Gasteiger partial charge >= 0.3 is 0 Å². The Morgan fingerprint density at radius 2 is 2.20 bits per heavy atom. The third kappa shape index (κ3) is 2.99. The van der Waals surface area contributed by atoms with Crippen LogP contribution in [0.1, 0.15) is 30.0 Å². The number of hydrogen-bond donors (Lipinski definition) is 1. The van der Waals surface area contributed by atoms with E-state index in [1.54, 1.807) is 23.4 Å². The molecule has 0 atom stereocenters. The van der Waals surface area contributed by atoms with Gasteiger partial charge in [0.05, 0.1) is 17.9 Å². The summed E-state index contributed by atoms with van der Waals surface area (Å²) in [5.41, 5.74) is 7.91. The van der Waals surface area contributed by atoms with Gasteiger partial charge in [-0.25, -0.2) is 0 Å². The fourth-order valence-corrected chi connectivity index (χ4v) is 2.15. The first-order valence-corrected chi connectivity index (χ1v) is 6.80. The first-order chi connectivity index (χ1) is 9.65. The summed E-state index contributed by atoms with van der Waals surface area (Å²) in [5, 5.41) is 0. The molecule has 2 aromatic rings. The molecule has 0 saturated heterocycles. The largest absolute Gasteiger partial charge is 0.397 e. The van der Waals surface area contributed by atoms with Gasteiger partial charge in [0, 0.05) is 25.5 Å². The molecule has 0 bridgehead atoms. The second-order valence-electron chi connectivity index (χ2n) is 4.59. The number of amides is 1. The number of pyridine rings is 1. The SMILES string of the molecule is CCN(Cc1ccccn1)C(=O)c1cc(N)cn1CC. The lowest BCUT2D eigenvalue weighted by atomic mass is 10.3. The molecule has 5 nitrogen and oxygen atoms in total. The lowest BCUT2D eigenvalue weighted by Gasteiger charge is -2.21. The van der Waals surface area contributed by atoms with E-state index in [0.29, 0.717) is 24.5 Å². The number of aryl methyl sites for hydroxylation is 1. The summed E-state index contributed by atoms with van der Waals surface area (Å²) in [6.07, 6.45) is 3.53. The number of nitrogens with zero attached hydrogens (tertiary/aromatic N) is 3. The molecule has 0 unspecified atom stereocenters. The Morgan fingerprint density at radius 1 is 1.40 bits per heavy atom. The number of rotatable bonds is 5. The summed E-state index contributed by atoms with van der Waals surface area (Å²) in [7, 11) is 0. The van der Waals surface area contributed by atoms with Gasteiger partial charge in [-0.3, -0.25) is 9.78 Å². The molecule has 5 heteroatoms. The van der Waals surface area contributed by atoms with E-state index in [-0.39, 0.29) is 5.91 Å². The number of aromatic nitrogens is 2. The van der Waals surface area contributed by atoms with Crippen molar-refractivity contribution in [3.05, 3.63) is 48.0 Å². The van der Waals surface area contributed by atoms with E-state index in [1.165, 1.54) is 0 Å². The molecule has 2 heterocycles. The van der Waals surface area contributed by atoms with Crippen LogP contribution in [0.2, 0.25) is 0 Å². The maximum absolute atomic E-state index is 12.6. The molecule has 2 N–H and O–H groups in total. The Balaban J connectivity index is 2.20. The van der Waals surface area contributed by atoms with Crippen LogP contribution in [0.4, 0.5) is 5.69 Å². The molecule has 0 spiro atoms. The summed E-state index contributed by atoms with van der Waals surface area (Å²) in [4.78, 5) is 18.6. The summed E-state index contributed by atoms with van der Waals surface area (Å²) >= 11 is 0. The number of carbonyl (C=O) groups is 1. The number of carbonyl (C=O) groups excluding carboxylic acids is 1. The van der Waals surface area contributed by atoms with E-state index in [4.69, 9.17) is 5.73 Å². The maximum atomic E-state index is 12.6. The minimum absolute atomic E-state index is 0.0169. The number of nitrogen functional groups attached to an aromatic ring is 1. The predicted octanol–water partition coefficient (Wildman–Crippen LogP) is 2.15. The second-order valence-corrected chi connectivity index (χ2v) is 4.59. The average molecular weight is 272 g/mol. The first-order valence-electron chi connectivity index (χ1n) is 6.80. The predicted molar refractivity (Wildman–Crippen MR) is 79.2 cm³/mol. The summed E-state index contributed by atoms with van der Waals surface area (Å²) < 4.78 is 1.87. The van der Waals surface area contributed by atoms with Crippen LogP contribution in [0.3, 0.4) is 0 Å². The first kappa shape index (κ1) is 14.1. The van der Waals surface area contributed by atoms with Crippen LogP contribution in [-0.4, -0.2) is 26.9 Å². The van der Waals surface area contributed by atoms with Crippen molar-refractivity contribution in [1.82, 2.24) is 14.5 Å². The number of anilines is 1. The highest BCUT2D eigenvalue weighted by molar-refractivity contribution is 5.93. The Kier molecular flexibility index (Phi) is 4.40. The lowest BCUT2D eigenvalue weighted by molar-refractivity contribution is 0.0740. The van der Waals surface area contributed by atoms with Crippen LogP contribution in [0.15, 0.2) is 36.7 Å². The number of hydrogen-bond acceptors (Lipinski definition) is 3. The lowest BCUT2D eigenvalue weighted by Crippen LogP contribution is -2.32. The fraction of sp³-hybridized carbons (Fsp3) is 0.333. The van der Waals surface area contributed by atoms with E-state index in [1.807, 2.05) is 36.6 Å². The Hall–Kier alpha value is -2.30. The van der Waals surface area contributed by atoms with E-state index in [9.17, 15) is 4.79 Å². The minimum atomic E-state index is -0.0169. The van der Waals surface area contributed by atoms with Gasteiger partial charge in [0.2, 0.25) is 0 Å². The van der Waals surface area contributed by atoms with Gasteiger partial charge in [0.15, 0.2) is 0 Å². The minimum Gasteiger partial charge on any atom is -0.397 e. The molecule has 0 aliphatic carbocycles. The fourth-order valence-electron chi connectivity index (χ4n) is 2.15. The third-order valence-electron chi connectivity index (χ3n) is 3.23. The van der Waals surface area contributed by atoms with Gasteiger partial charge in [-0.1, -0.05) is 6.07 Å². The zero-order chi connectivity index (χ0) is 14.5.